The lowest BCUT2D eigenvalue weighted by Gasteiger charge is -2.13. The van der Waals surface area contributed by atoms with E-state index in [4.69, 9.17) is 15.2 Å². The zero-order valence-corrected chi connectivity index (χ0v) is 16.4. The maximum absolute atomic E-state index is 11.4. The second-order valence-electron chi connectivity index (χ2n) is 7.75. The quantitative estimate of drug-likeness (QED) is 0.625. The van der Waals surface area contributed by atoms with Gasteiger partial charge in [0.25, 0.3) is 0 Å². The largest absolute Gasteiger partial charge is 0.488 e. The van der Waals surface area contributed by atoms with Crippen molar-refractivity contribution < 1.29 is 14.3 Å². The molecule has 1 unspecified atom stereocenters. The number of nitrogens with two attached hydrogens (primary N) is 1. The second-order valence-corrected chi connectivity index (χ2v) is 7.75. The smallest absolute Gasteiger partial charge is 0.225 e. The molecule has 1 aromatic carbocycles. The van der Waals surface area contributed by atoms with Crippen LogP contribution in [0.2, 0.25) is 0 Å². The fraction of sp³-hybridized carbons (Fsp3) is 0.450. The number of amides is 1. The summed E-state index contributed by atoms with van der Waals surface area (Å²) in [5, 5.41) is 11.7. The van der Waals surface area contributed by atoms with Crippen LogP contribution in [0, 0.1) is 5.92 Å². The van der Waals surface area contributed by atoms with Gasteiger partial charge in [0.1, 0.15) is 11.9 Å². The average molecular weight is 409 g/mol. The van der Waals surface area contributed by atoms with Gasteiger partial charge in [0, 0.05) is 18.4 Å². The molecule has 3 N–H and O–H groups in total. The van der Waals surface area contributed by atoms with E-state index in [0.717, 1.165) is 37.3 Å². The number of hydrogen-bond acceptors (Lipinski definition) is 8. The number of primary amides is 1. The molecule has 1 saturated heterocycles. The van der Waals surface area contributed by atoms with Gasteiger partial charge in [-0.15, -0.1) is 5.10 Å². The Bertz CT molecular complexity index is 1050. The Balaban J connectivity index is 1.33. The summed E-state index contributed by atoms with van der Waals surface area (Å²) in [6, 6.07) is 7.78. The van der Waals surface area contributed by atoms with Crippen LogP contribution in [0.5, 0.6) is 5.75 Å². The molecule has 1 aliphatic carbocycles. The highest BCUT2D eigenvalue weighted by Crippen LogP contribution is 2.27. The maximum Gasteiger partial charge on any atom is 0.225 e. The van der Waals surface area contributed by atoms with E-state index in [2.05, 4.69) is 25.6 Å². The third kappa shape index (κ3) is 3.78. The third-order valence-corrected chi connectivity index (χ3v) is 5.63. The first-order valence-corrected chi connectivity index (χ1v) is 10.1. The van der Waals surface area contributed by atoms with Crippen molar-refractivity contribution in [3.63, 3.8) is 0 Å². The lowest BCUT2D eigenvalue weighted by atomic mass is 10.1. The molecular formula is C20H23N7O3. The van der Waals surface area contributed by atoms with Crippen molar-refractivity contribution in [2.24, 2.45) is 11.7 Å². The number of nitrogens with zero attached hydrogens (tertiary/aromatic N) is 5. The van der Waals surface area contributed by atoms with Gasteiger partial charge in [-0.2, -0.15) is 9.67 Å². The Hall–Kier alpha value is -3.27. The number of benzene rings is 1. The molecular weight excluding hydrogens is 386 g/mol. The van der Waals surface area contributed by atoms with E-state index in [0.29, 0.717) is 30.1 Å². The predicted molar refractivity (Wildman–Crippen MR) is 108 cm³/mol. The maximum atomic E-state index is 11.4. The molecule has 10 heteroatoms. The molecule has 3 aromatic rings. The molecule has 2 aromatic heterocycles. The molecule has 5 rings (SSSR count). The van der Waals surface area contributed by atoms with Gasteiger partial charge in [-0.3, -0.25) is 4.79 Å². The van der Waals surface area contributed by atoms with Crippen LogP contribution in [0.1, 0.15) is 25.7 Å². The van der Waals surface area contributed by atoms with Crippen LogP contribution in [0.3, 0.4) is 0 Å². The van der Waals surface area contributed by atoms with Gasteiger partial charge in [0.15, 0.2) is 11.2 Å². The lowest BCUT2D eigenvalue weighted by molar-refractivity contribution is -0.121. The highest BCUT2D eigenvalue weighted by molar-refractivity contribution is 5.77. The molecule has 30 heavy (non-hydrogen) atoms. The predicted octanol–water partition coefficient (Wildman–Crippen LogP) is 1.44. The lowest BCUT2D eigenvalue weighted by Crippen LogP contribution is -2.23. The summed E-state index contributed by atoms with van der Waals surface area (Å²) in [4.78, 5) is 20.3. The highest BCUT2D eigenvalue weighted by Gasteiger charge is 2.29. The Morgan fingerprint density at radius 3 is 2.83 bits per heavy atom. The molecule has 156 valence electrons. The second kappa shape index (κ2) is 7.86. The van der Waals surface area contributed by atoms with Crippen molar-refractivity contribution in [1.29, 1.82) is 0 Å². The standard InChI is InChI=1S/C20H23N7O3/c21-18(28)12-1-2-13(9-12)23-20-22-10-17-19(24-20)27(26-25-17)14-3-5-15(6-4-14)30-16-7-8-29-11-16/h3-6,10,12-13,16H,1-2,7-9,11H2,(H2,21,28)(H,22,23,24)/t12-,13-,16?/m1/s1. The molecule has 1 saturated carbocycles. The molecule has 2 aliphatic rings. The molecule has 0 spiro atoms. The molecule has 0 radical (unpaired) electrons. The Kier molecular flexibility index (Phi) is 4.91. The number of nitrogens with one attached hydrogen (secondary N) is 1. The first-order valence-electron chi connectivity index (χ1n) is 10.1. The summed E-state index contributed by atoms with van der Waals surface area (Å²) in [6.45, 7) is 1.37. The topological polar surface area (TPSA) is 130 Å². The highest BCUT2D eigenvalue weighted by atomic mass is 16.5. The van der Waals surface area contributed by atoms with Crippen molar-refractivity contribution in [2.45, 2.75) is 37.8 Å². The monoisotopic (exact) mass is 409 g/mol. The minimum atomic E-state index is -0.245. The summed E-state index contributed by atoms with van der Waals surface area (Å²) in [7, 11) is 0. The molecule has 3 heterocycles. The van der Waals surface area contributed by atoms with Crippen molar-refractivity contribution in [3.05, 3.63) is 30.5 Å². The van der Waals surface area contributed by atoms with Crippen molar-refractivity contribution in [1.82, 2.24) is 25.0 Å². The van der Waals surface area contributed by atoms with Crippen molar-refractivity contribution in [3.8, 4) is 11.4 Å². The normalized spacial score (nSPS) is 23.7. The van der Waals surface area contributed by atoms with Gasteiger partial charge in [-0.25, -0.2) is 4.98 Å². The number of rotatable bonds is 6. The van der Waals surface area contributed by atoms with Crippen LogP contribution in [0.4, 0.5) is 5.95 Å². The number of carbonyl (C=O) groups excluding carboxylic acids is 1. The Morgan fingerprint density at radius 1 is 1.23 bits per heavy atom. The van der Waals surface area contributed by atoms with E-state index >= 15 is 0 Å². The molecule has 2 fully saturated rings. The van der Waals surface area contributed by atoms with Gasteiger partial charge >= 0.3 is 0 Å². The van der Waals surface area contributed by atoms with E-state index in [1.54, 1.807) is 10.9 Å². The van der Waals surface area contributed by atoms with Gasteiger partial charge < -0.3 is 20.5 Å². The van der Waals surface area contributed by atoms with Crippen LogP contribution >= 0.6 is 0 Å². The number of carbonyl (C=O) groups is 1. The number of hydrogen-bond donors (Lipinski definition) is 2. The number of fused-ring (bicyclic) bond motifs is 1. The number of ether oxygens (including phenoxy) is 2. The fourth-order valence-corrected chi connectivity index (χ4v) is 3.99. The van der Waals surface area contributed by atoms with Crippen molar-refractivity contribution >= 4 is 23.0 Å². The van der Waals surface area contributed by atoms with E-state index in [9.17, 15) is 4.79 Å². The van der Waals surface area contributed by atoms with Gasteiger partial charge in [0.05, 0.1) is 25.1 Å². The van der Waals surface area contributed by atoms with Crippen molar-refractivity contribution in [2.75, 3.05) is 18.5 Å². The summed E-state index contributed by atoms with van der Waals surface area (Å²) in [6.07, 6.45) is 5.00. The fourth-order valence-electron chi connectivity index (χ4n) is 3.99. The van der Waals surface area contributed by atoms with Gasteiger partial charge in [0.2, 0.25) is 11.9 Å². The molecule has 1 amide bonds. The van der Waals surface area contributed by atoms with Crippen LogP contribution in [0.15, 0.2) is 30.5 Å². The SMILES string of the molecule is NC(=O)[C@@H]1CC[C@@H](Nc2ncc3nnn(-c4ccc(OC5CCOC5)cc4)c3n2)C1. The third-order valence-electron chi connectivity index (χ3n) is 5.63. The van der Waals surface area contributed by atoms with Crippen LogP contribution in [-0.4, -0.2) is 56.2 Å². The molecule has 0 bridgehead atoms. The average Bonchev–Trinajstić information content (AvgIpc) is 3.49. The van der Waals surface area contributed by atoms with Crippen LogP contribution in [-0.2, 0) is 9.53 Å². The Labute approximate surface area is 172 Å². The minimum Gasteiger partial charge on any atom is -0.488 e. The van der Waals surface area contributed by atoms with E-state index < -0.39 is 0 Å². The van der Waals surface area contributed by atoms with Crippen LogP contribution < -0.4 is 15.8 Å². The molecule has 1 aliphatic heterocycles. The zero-order valence-electron chi connectivity index (χ0n) is 16.4. The molecule has 10 nitrogen and oxygen atoms in total. The first-order chi connectivity index (χ1) is 14.7. The van der Waals surface area contributed by atoms with Gasteiger partial charge in [-0.1, -0.05) is 5.21 Å². The zero-order chi connectivity index (χ0) is 20.5. The summed E-state index contributed by atoms with van der Waals surface area (Å²) >= 11 is 0. The Morgan fingerprint density at radius 2 is 2.10 bits per heavy atom. The molecule has 3 atom stereocenters. The first kappa shape index (κ1) is 18.7. The van der Waals surface area contributed by atoms with Crippen LogP contribution in [0.25, 0.3) is 16.9 Å². The summed E-state index contributed by atoms with van der Waals surface area (Å²) in [5.41, 5.74) is 7.46. The van der Waals surface area contributed by atoms with E-state index in [1.165, 1.54) is 0 Å². The van der Waals surface area contributed by atoms with Gasteiger partial charge in [-0.05, 0) is 43.5 Å². The minimum absolute atomic E-state index is 0.0880. The summed E-state index contributed by atoms with van der Waals surface area (Å²) in [5.74, 6) is 0.948. The number of aromatic nitrogens is 5. The summed E-state index contributed by atoms with van der Waals surface area (Å²) < 4.78 is 12.9. The number of anilines is 1. The van der Waals surface area contributed by atoms with E-state index in [-0.39, 0.29) is 24.0 Å². The van der Waals surface area contributed by atoms with E-state index in [1.807, 2.05) is 24.3 Å².